The molecule has 0 saturated carbocycles. The van der Waals surface area contributed by atoms with Gasteiger partial charge in [0.25, 0.3) is 0 Å². The minimum absolute atomic E-state index is 0.0101. The van der Waals surface area contributed by atoms with E-state index < -0.39 is 11.6 Å². The second kappa shape index (κ2) is 7.88. The molecule has 24 heavy (non-hydrogen) atoms. The van der Waals surface area contributed by atoms with E-state index >= 15 is 0 Å². The maximum atomic E-state index is 13.3. The summed E-state index contributed by atoms with van der Waals surface area (Å²) in [7, 11) is 1.55. The molecule has 2 aromatic rings. The van der Waals surface area contributed by atoms with Crippen LogP contribution in [0.1, 0.15) is 24.2 Å². The van der Waals surface area contributed by atoms with Crippen molar-refractivity contribution >= 4 is 5.78 Å². The Labute approximate surface area is 139 Å². The van der Waals surface area contributed by atoms with E-state index in [0.717, 1.165) is 18.2 Å². The van der Waals surface area contributed by atoms with Crippen LogP contribution in [0.4, 0.5) is 8.78 Å². The zero-order chi connectivity index (χ0) is 17.7. The molecule has 0 amide bonds. The van der Waals surface area contributed by atoms with E-state index in [1.165, 1.54) is 13.0 Å². The van der Waals surface area contributed by atoms with E-state index in [1.54, 1.807) is 19.2 Å². The van der Waals surface area contributed by atoms with Gasteiger partial charge in [0.05, 0.1) is 6.61 Å². The molecule has 2 aromatic carbocycles. The highest BCUT2D eigenvalue weighted by molar-refractivity contribution is 5.94. The van der Waals surface area contributed by atoms with Gasteiger partial charge in [-0.1, -0.05) is 0 Å². The molecule has 0 aliphatic rings. The number of hydrogen-bond acceptors (Lipinski definition) is 4. The summed E-state index contributed by atoms with van der Waals surface area (Å²) in [5.74, 6) is -1.05. The Bertz CT molecular complexity index is 711. The third-order valence-corrected chi connectivity index (χ3v) is 3.10. The highest BCUT2D eigenvalue weighted by atomic mass is 19.1. The number of halogens is 2. The molecule has 6 heteroatoms. The molecular formula is C18H18F2O4. The second-order valence-electron chi connectivity index (χ2n) is 5.34. The average Bonchev–Trinajstić information content (AvgIpc) is 2.45. The minimum Gasteiger partial charge on any atom is -0.488 e. The first kappa shape index (κ1) is 17.9. The third-order valence-electron chi connectivity index (χ3n) is 3.10. The molecule has 1 unspecified atom stereocenters. The van der Waals surface area contributed by atoms with Gasteiger partial charge in [0.2, 0.25) is 0 Å². The molecule has 4 nitrogen and oxygen atoms in total. The molecule has 0 N–H and O–H groups in total. The van der Waals surface area contributed by atoms with Gasteiger partial charge in [-0.15, -0.1) is 0 Å². The van der Waals surface area contributed by atoms with Crippen LogP contribution in [0.2, 0.25) is 0 Å². The van der Waals surface area contributed by atoms with E-state index in [-0.39, 0.29) is 23.4 Å². The zero-order valence-corrected chi connectivity index (χ0v) is 13.6. The summed E-state index contributed by atoms with van der Waals surface area (Å²) in [6.45, 7) is 3.59. The minimum atomic E-state index is -0.752. The first-order valence-corrected chi connectivity index (χ1v) is 7.33. The summed E-state index contributed by atoms with van der Waals surface area (Å²) in [5.41, 5.74) is 0.365. The number of ketones is 1. The number of methoxy groups -OCH3 is 1. The first-order valence-electron chi connectivity index (χ1n) is 7.33. The summed E-state index contributed by atoms with van der Waals surface area (Å²) in [4.78, 5) is 11.7. The number of Topliss-reactive ketones (excluding diaryl/α,β-unsaturated/α-hetero) is 1. The normalized spacial score (nSPS) is 11.9. The molecule has 0 saturated heterocycles. The third kappa shape index (κ3) is 5.03. The van der Waals surface area contributed by atoms with Crippen molar-refractivity contribution in [3.63, 3.8) is 0 Å². The lowest BCUT2D eigenvalue weighted by molar-refractivity contribution is 0.0915. The molecule has 0 aliphatic carbocycles. The molecule has 0 bridgehead atoms. The molecule has 2 rings (SSSR count). The number of benzene rings is 2. The number of carbonyl (C=O) groups is 1. The van der Waals surface area contributed by atoms with Crippen LogP contribution in [0, 0.1) is 11.6 Å². The zero-order valence-electron chi connectivity index (χ0n) is 13.6. The van der Waals surface area contributed by atoms with E-state index in [0.29, 0.717) is 17.9 Å². The Kier molecular flexibility index (Phi) is 5.87. The Morgan fingerprint density at radius 1 is 1.00 bits per heavy atom. The molecule has 0 aromatic heterocycles. The Balaban J connectivity index is 2.30. The standard InChI is InChI=1S/C18H18F2O4/c1-11(10-22-3)23-16-4-13(12(2)21)5-17(9-16)24-18-7-14(19)6-15(20)8-18/h4-9,11H,10H2,1-3H3. The monoisotopic (exact) mass is 336 g/mol. The Morgan fingerprint density at radius 3 is 2.17 bits per heavy atom. The van der Waals surface area contributed by atoms with Crippen LogP contribution in [0.15, 0.2) is 36.4 Å². The van der Waals surface area contributed by atoms with Gasteiger partial charge >= 0.3 is 0 Å². The Morgan fingerprint density at radius 2 is 1.58 bits per heavy atom. The van der Waals surface area contributed by atoms with Gasteiger partial charge in [-0.05, 0) is 26.0 Å². The van der Waals surface area contributed by atoms with Crippen molar-refractivity contribution in [2.24, 2.45) is 0 Å². The Hall–Kier alpha value is -2.47. The number of carbonyl (C=O) groups excluding carboxylic acids is 1. The fourth-order valence-corrected chi connectivity index (χ4v) is 2.13. The first-order chi connectivity index (χ1) is 11.4. The topological polar surface area (TPSA) is 44.8 Å². The largest absolute Gasteiger partial charge is 0.488 e. The molecule has 1 atom stereocenters. The van der Waals surface area contributed by atoms with E-state index in [9.17, 15) is 13.6 Å². The molecular weight excluding hydrogens is 318 g/mol. The van der Waals surface area contributed by atoms with Crippen LogP contribution in [-0.2, 0) is 4.74 Å². The van der Waals surface area contributed by atoms with Crippen molar-refractivity contribution in [1.29, 1.82) is 0 Å². The highest BCUT2D eigenvalue weighted by Gasteiger charge is 2.11. The van der Waals surface area contributed by atoms with Crippen molar-refractivity contribution in [2.75, 3.05) is 13.7 Å². The van der Waals surface area contributed by atoms with Gasteiger partial charge in [0.15, 0.2) is 5.78 Å². The summed E-state index contributed by atoms with van der Waals surface area (Å²) < 4.78 is 42.7. The smallest absolute Gasteiger partial charge is 0.160 e. The van der Waals surface area contributed by atoms with Crippen molar-refractivity contribution < 1.29 is 27.8 Å². The van der Waals surface area contributed by atoms with Gasteiger partial charge in [0, 0.05) is 36.9 Å². The SMILES string of the molecule is COCC(C)Oc1cc(Oc2cc(F)cc(F)c2)cc(C(C)=O)c1. The van der Waals surface area contributed by atoms with Gasteiger partial charge in [-0.25, -0.2) is 8.78 Å². The lowest BCUT2D eigenvalue weighted by atomic mass is 10.1. The van der Waals surface area contributed by atoms with Gasteiger partial charge in [0.1, 0.15) is 35.0 Å². The van der Waals surface area contributed by atoms with E-state index in [1.807, 2.05) is 6.92 Å². The summed E-state index contributed by atoms with van der Waals surface area (Å²) in [6.07, 6.45) is -0.239. The fraction of sp³-hybridized carbons (Fsp3) is 0.278. The van der Waals surface area contributed by atoms with Crippen molar-refractivity contribution in [2.45, 2.75) is 20.0 Å². The fourth-order valence-electron chi connectivity index (χ4n) is 2.13. The van der Waals surface area contributed by atoms with Crippen molar-refractivity contribution in [3.8, 4) is 17.2 Å². The molecule has 0 radical (unpaired) electrons. The second-order valence-corrected chi connectivity index (χ2v) is 5.34. The lowest BCUT2D eigenvalue weighted by Crippen LogP contribution is -2.18. The molecule has 0 spiro atoms. The van der Waals surface area contributed by atoms with Crippen LogP contribution in [0.5, 0.6) is 17.2 Å². The van der Waals surface area contributed by atoms with Gasteiger partial charge < -0.3 is 14.2 Å². The molecule has 128 valence electrons. The van der Waals surface area contributed by atoms with Crippen LogP contribution in [0.25, 0.3) is 0 Å². The quantitative estimate of drug-likeness (QED) is 0.704. The maximum Gasteiger partial charge on any atom is 0.160 e. The molecule has 0 heterocycles. The number of rotatable bonds is 7. The van der Waals surface area contributed by atoms with Gasteiger partial charge in [-0.3, -0.25) is 4.79 Å². The van der Waals surface area contributed by atoms with Crippen LogP contribution in [0.3, 0.4) is 0 Å². The molecule has 0 fully saturated rings. The summed E-state index contributed by atoms with van der Waals surface area (Å²) in [6, 6.07) is 7.46. The number of hydrogen-bond donors (Lipinski definition) is 0. The number of ether oxygens (including phenoxy) is 3. The van der Waals surface area contributed by atoms with Crippen LogP contribution >= 0.6 is 0 Å². The summed E-state index contributed by atoms with van der Waals surface area (Å²) in [5, 5.41) is 0. The summed E-state index contributed by atoms with van der Waals surface area (Å²) >= 11 is 0. The maximum absolute atomic E-state index is 13.3. The van der Waals surface area contributed by atoms with E-state index in [4.69, 9.17) is 14.2 Å². The lowest BCUT2D eigenvalue weighted by Gasteiger charge is -2.16. The van der Waals surface area contributed by atoms with Crippen molar-refractivity contribution in [1.82, 2.24) is 0 Å². The van der Waals surface area contributed by atoms with Crippen LogP contribution in [-0.4, -0.2) is 25.6 Å². The predicted molar refractivity (Wildman–Crippen MR) is 84.8 cm³/mol. The average molecular weight is 336 g/mol. The molecule has 0 aliphatic heterocycles. The van der Waals surface area contributed by atoms with E-state index in [2.05, 4.69) is 0 Å². The van der Waals surface area contributed by atoms with Gasteiger partial charge in [-0.2, -0.15) is 0 Å². The van der Waals surface area contributed by atoms with Crippen LogP contribution < -0.4 is 9.47 Å². The highest BCUT2D eigenvalue weighted by Crippen LogP contribution is 2.29. The predicted octanol–water partition coefficient (Wildman–Crippen LogP) is 4.37. The van der Waals surface area contributed by atoms with Crippen molar-refractivity contribution in [3.05, 3.63) is 53.6 Å².